The number of methoxy groups -OCH3 is 1. The van der Waals surface area contributed by atoms with Gasteiger partial charge in [-0.05, 0) is 69.7 Å². The molecule has 4 rings (SSSR count). The molecule has 0 radical (unpaired) electrons. The van der Waals surface area contributed by atoms with Gasteiger partial charge in [0, 0.05) is 17.1 Å². The summed E-state index contributed by atoms with van der Waals surface area (Å²) < 4.78 is 36.7. The number of hydrogen-bond acceptors (Lipinski definition) is 7. The van der Waals surface area contributed by atoms with Gasteiger partial charge < -0.3 is 9.30 Å². The largest absolute Gasteiger partial charge is 0.497 e. The first-order valence-electron chi connectivity index (χ1n) is 10.1. The summed E-state index contributed by atoms with van der Waals surface area (Å²) >= 11 is 0.786. The number of nitrogens with one attached hydrogen (secondary N) is 1. The van der Waals surface area contributed by atoms with E-state index in [1.54, 1.807) is 27.0 Å². The highest BCUT2D eigenvalue weighted by Crippen LogP contribution is 2.32. The monoisotopic (exact) mass is 485 g/mol. The van der Waals surface area contributed by atoms with Gasteiger partial charge in [-0.2, -0.15) is 9.39 Å². The van der Waals surface area contributed by atoms with E-state index in [0.29, 0.717) is 0 Å². The second-order valence-corrected chi connectivity index (χ2v) is 11.0. The Labute approximate surface area is 196 Å². The molecule has 0 unspecified atom stereocenters. The number of ether oxygens (including phenoxy) is 1. The fourth-order valence-corrected chi connectivity index (χ4v) is 5.68. The Bertz CT molecular complexity index is 1370. The summed E-state index contributed by atoms with van der Waals surface area (Å²) in [6.07, 6.45) is 1.58. The molecule has 2 aliphatic rings. The predicted octanol–water partition coefficient (Wildman–Crippen LogP) is 3.50. The molecule has 0 spiro atoms. The highest BCUT2D eigenvalue weighted by molar-refractivity contribution is 8.16. The van der Waals surface area contributed by atoms with E-state index < -0.39 is 21.0 Å². The minimum absolute atomic E-state index is 0.00267. The SMILES string of the molecule is COc1ccc(-n2c(C)cc(/C=C3/C(=N)N4C(=NC3=O)SN=C4S(=O)(=O)C(C)C)c2C)cc1. The Morgan fingerprint density at radius 1 is 1.18 bits per heavy atom. The molecule has 1 aromatic carbocycles. The normalized spacial score (nSPS) is 17.5. The zero-order chi connectivity index (χ0) is 24.1. The lowest BCUT2D eigenvalue weighted by atomic mass is 10.1. The van der Waals surface area contributed by atoms with Crippen molar-refractivity contribution in [2.45, 2.75) is 32.9 Å². The number of rotatable bonds is 4. The first-order valence-corrected chi connectivity index (χ1v) is 12.4. The van der Waals surface area contributed by atoms with Gasteiger partial charge >= 0.3 is 0 Å². The van der Waals surface area contributed by atoms with Crippen molar-refractivity contribution in [2.24, 2.45) is 9.39 Å². The number of aromatic nitrogens is 1. The van der Waals surface area contributed by atoms with Crippen LogP contribution in [0.15, 0.2) is 45.3 Å². The Kier molecular flexibility index (Phi) is 5.79. The lowest BCUT2D eigenvalue weighted by Crippen LogP contribution is -2.46. The molecule has 0 saturated heterocycles. The van der Waals surface area contributed by atoms with E-state index in [0.717, 1.165) is 45.2 Å². The molecule has 2 aromatic rings. The van der Waals surface area contributed by atoms with Crippen molar-refractivity contribution in [3.63, 3.8) is 0 Å². The lowest BCUT2D eigenvalue weighted by Gasteiger charge is -2.25. The minimum atomic E-state index is -3.77. The van der Waals surface area contributed by atoms with Gasteiger partial charge in [-0.15, -0.1) is 0 Å². The Balaban J connectivity index is 1.75. The average molecular weight is 486 g/mol. The van der Waals surface area contributed by atoms with Crippen LogP contribution in [0.3, 0.4) is 0 Å². The molecular formula is C22H23N5O4S2. The Morgan fingerprint density at radius 3 is 2.45 bits per heavy atom. The van der Waals surface area contributed by atoms with Gasteiger partial charge in [0.25, 0.3) is 5.91 Å². The number of aryl methyl sites for hydroxylation is 1. The standard InChI is InChI=1S/C22H23N5O4S2/c1-12(2)33(29,30)22-25-32-21-24-20(28)18(19(23)27(21)22)11-15-10-13(3)26(14(15)4)16-6-8-17(31-5)9-7-16/h6-12,23H,1-5H3/b18-11-,23-19?. The maximum atomic E-state index is 12.7. The molecule has 2 aliphatic heterocycles. The van der Waals surface area contributed by atoms with E-state index in [-0.39, 0.29) is 21.7 Å². The van der Waals surface area contributed by atoms with E-state index in [1.807, 2.05) is 48.7 Å². The van der Waals surface area contributed by atoms with Crippen LogP contribution in [-0.2, 0) is 14.6 Å². The van der Waals surface area contributed by atoms with Gasteiger partial charge in [-0.3, -0.25) is 10.2 Å². The van der Waals surface area contributed by atoms with E-state index in [4.69, 9.17) is 10.1 Å². The maximum absolute atomic E-state index is 12.7. The summed E-state index contributed by atoms with van der Waals surface area (Å²) in [5, 5.41) is 7.70. The molecule has 0 fully saturated rings. The molecule has 1 amide bonds. The Morgan fingerprint density at radius 2 is 1.85 bits per heavy atom. The number of fused-ring (bicyclic) bond motifs is 1. The molecule has 172 valence electrons. The van der Waals surface area contributed by atoms with Crippen LogP contribution in [0.4, 0.5) is 0 Å². The zero-order valence-corrected chi connectivity index (χ0v) is 20.4. The molecule has 1 aromatic heterocycles. The van der Waals surface area contributed by atoms with Crippen LogP contribution in [-0.4, -0.2) is 52.3 Å². The minimum Gasteiger partial charge on any atom is -0.497 e. The third-order valence-corrected chi connectivity index (χ3v) is 8.31. The number of amides is 1. The van der Waals surface area contributed by atoms with Crippen LogP contribution in [0.5, 0.6) is 5.75 Å². The number of carbonyl (C=O) groups excluding carboxylic acids is 1. The molecular weight excluding hydrogens is 462 g/mol. The molecule has 0 saturated carbocycles. The fraction of sp³-hybridized carbons (Fsp3) is 0.273. The number of sulfone groups is 1. The first-order chi connectivity index (χ1) is 15.6. The molecule has 33 heavy (non-hydrogen) atoms. The molecule has 3 heterocycles. The highest BCUT2D eigenvalue weighted by atomic mass is 32.2. The number of nitrogens with zero attached hydrogens (tertiary/aromatic N) is 4. The van der Waals surface area contributed by atoms with Crippen LogP contribution in [0, 0.1) is 19.3 Å². The van der Waals surface area contributed by atoms with Crippen LogP contribution in [0.25, 0.3) is 11.8 Å². The fourth-order valence-electron chi connectivity index (χ4n) is 3.61. The molecule has 0 atom stereocenters. The topological polar surface area (TPSA) is 117 Å². The van der Waals surface area contributed by atoms with Gasteiger partial charge in [-0.1, -0.05) is 0 Å². The van der Waals surface area contributed by atoms with Crippen molar-refractivity contribution < 1.29 is 17.9 Å². The van der Waals surface area contributed by atoms with Gasteiger partial charge in [-0.25, -0.2) is 13.3 Å². The summed E-state index contributed by atoms with van der Waals surface area (Å²) in [4.78, 5) is 17.9. The number of carbonyl (C=O) groups is 1. The first kappa shape index (κ1) is 23.0. The summed E-state index contributed by atoms with van der Waals surface area (Å²) in [5.41, 5.74) is 3.45. The van der Waals surface area contributed by atoms with Gasteiger partial charge in [0.05, 0.1) is 29.9 Å². The second kappa shape index (κ2) is 8.31. The van der Waals surface area contributed by atoms with Crippen molar-refractivity contribution in [3.05, 3.63) is 52.9 Å². The predicted molar refractivity (Wildman–Crippen MR) is 131 cm³/mol. The summed E-state index contributed by atoms with van der Waals surface area (Å²) in [6, 6.07) is 9.50. The summed E-state index contributed by atoms with van der Waals surface area (Å²) in [7, 11) is -2.16. The number of benzene rings is 1. The number of aliphatic imine (C=N–C) groups is 1. The summed E-state index contributed by atoms with van der Waals surface area (Å²) in [6.45, 7) is 6.94. The third-order valence-electron chi connectivity index (χ3n) is 5.47. The molecule has 1 N–H and O–H groups in total. The zero-order valence-electron chi connectivity index (χ0n) is 18.8. The van der Waals surface area contributed by atoms with Crippen molar-refractivity contribution in [2.75, 3.05) is 7.11 Å². The van der Waals surface area contributed by atoms with E-state index >= 15 is 0 Å². The quantitative estimate of drug-likeness (QED) is 0.523. The van der Waals surface area contributed by atoms with Crippen molar-refractivity contribution in [1.82, 2.24) is 9.47 Å². The molecule has 0 aliphatic carbocycles. The summed E-state index contributed by atoms with van der Waals surface area (Å²) in [5.74, 6) is -0.116. The van der Waals surface area contributed by atoms with Crippen LogP contribution < -0.4 is 4.74 Å². The van der Waals surface area contributed by atoms with Gasteiger partial charge in [0.2, 0.25) is 20.2 Å². The van der Waals surface area contributed by atoms with Crippen molar-refractivity contribution >= 4 is 49.9 Å². The van der Waals surface area contributed by atoms with Crippen LogP contribution >= 0.6 is 11.9 Å². The smallest absolute Gasteiger partial charge is 0.283 e. The van der Waals surface area contributed by atoms with Crippen LogP contribution in [0.2, 0.25) is 0 Å². The number of hydrogen-bond donors (Lipinski definition) is 1. The molecule has 9 nitrogen and oxygen atoms in total. The number of amidine groups is 3. The average Bonchev–Trinajstić information content (AvgIpc) is 3.32. The van der Waals surface area contributed by atoms with Crippen LogP contribution in [0.1, 0.15) is 30.8 Å². The van der Waals surface area contributed by atoms with Gasteiger partial charge in [0.1, 0.15) is 11.6 Å². The van der Waals surface area contributed by atoms with Crippen molar-refractivity contribution in [3.8, 4) is 11.4 Å². The molecule has 11 heteroatoms. The van der Waals surface area contributed by atoms with E-state index in [1.165, 1.54) is 0 Å². The lowest BCUT2D eigenvalue weighted by molar-refractivity contribution is -0.114. The maximum Gasteiger partial charge on any atom is 0.283 e. The Hall–Kier alpha value is -3.18. The highest BCUT2D eigenvalue weighted by Gasteiger charge is 2.43. The third kappa shape index (κ3) is 3.80. The molecule has 0 bridgehead atoms. The van der Waals surface area contributed by atoms with Crippen molar-refractivity contribution in [1.29, 1.82) is 5.41 Å². The van der Waals surface area contributed by atoms with Gasteiger partial charge in [0.15, 0.2) is 0 Å². The van der Waals surface area contributed by atoms with E-state index in [9.17, 15) is 13.2 Å². The second-order valence-electron chi connectivity index (χ2n) is 7.86. The van der Waals surface area contributed by atoms with E-state index in [2.05, 4.69) is 9.39 Å².